The molecule has 1 rings (SSSR count). The van der Waals surface area contributed by atoms with E-state index in [1.54, 1.807) is 13.8 Å². The first kappa shape index (κ1) is 13.9. The van der Waals surface area contributed by atoms with E-state index in [2.05, 4.69) is 24.1 Å². The van der Waals surface area contributed by atoms with Crippen molar-refractivity contribution in [1.29, 1.82) is 0 Å². The minimum absolute atomic E-state index is 0.261. The molecule has 0 aliphatic carbocycles. The molecule has 1 aliphatic rings. The number of rotatable bonds is 4. The highest BCUT2D eigenvalue weighted by atomic mass is 32.2. The predicted octanol–water partition coefficient (Wildman–Crippen LogP) is 0.492. The maximum absolute atomic E-state index is 11.7. The number of hydrogen-bond acceptors (Lipinski definition) is 4. The van der Waals surface area contributed by atoms with Gasteiger partial charge >= 0.3 is 0 Å². The number of hydrogen-bond donors (Lipinski definition) is 1. The van der Waals surface area contributed by atoms with Gasteiger partial charge in [-0.15, -0.1) is 0 Å². The maximum atomic E-state index is 11.7. The molecule has 0 radical (unpaired) electrons. The summed E-state index contributed by atoms with van der Waals surface area (Å²) in [6.07, 6.45) is 0. The summed E-state index contributed by atoms with van der Waals surface area (Å²) in [5, 5.41) is 3.13. The summed E-state index contributed by atoms with van der Waals surface area (Å²) in [5.41, 5.74) is 0. The molecular formula is C11H24N2O2S. The monoisotopic (exact) mass is 248 g/mol. The van der Waals surface area contributed by atoms with Gasteiger partial charge in [0.15, 0.2) is 9.84 Å². The molecule has 0 bridgehead atoms. The lowest BCUT2D eigenvalue weighted by Crippen LogP contribution is -2.55. The van der Waals surface area contributed by atoms with E-state index in [4.69, 9.17) is 0 Å². The molecule has 1 fully saturated rings. The average Bonchev–Trinajstić information content (AvgIpc) is 2.19. The van der Waals surface area contributed by atoms with E-state index in [1.807, 2.05) is 0 Å². The molecule has 0 aromatic carbocycles. The molecule has 1 heterocycles. The number of piperazine rings is 1. The van der Waals surface area contributed by atoms with Crippen LogP contribution in [0.15, 0.2) is 0 Å². The van der Waals surface area contributed by atoms with Crippen molar-refractivity contribution in [2.45, 2.75) is 45.0 Å². The maximum Gasteiger partial charge on any atom is 0.153 e. The van der Waals surface area contributed by atoms with Crippen LogP contribution in [-0.2, 0) is 9.84 Å². The second kappa shape index (κ2) is 5.47. The van der Waals surface area contributed by atoms with Crippen LogP contribution in [0.4, 0.5) is 0 Å². The van der Waals surface area contributed by atoms with Crippen molar-refractivity contribution >= 4 is 9.84 Å². The highest BCUT2D eigenvalue weighted by Gasteiger charge is 2.24. The molecule has 4 nitrogen and oxygen atoms in total. The highest BCUT2D eigenvalue weighted by molar-refractivity contribution is 7.92. The van der Waals surface area contributed by atoms with Crippen molar-refractivity contribution < 1.29 is 8.42 Å². The molecule has 0 aromatic heterocycles. The number of sulfone groups is 1. The van der Waals surface area contributed by atoms with E-state index in [1.165, 1.54) is 0 Å². The Morgan fingerprint density at radius 3 is 2.56 bits per heavy atom. The van der Waals surface area contributed by atoms with Gasteiger partial charge in [0.25, 0.3) is 0 Å². The third kappa shape index (κ3) is 3.71. The second-order valence-corrected chi connectivity index (χ2v) is 7.75. The van der Waals surface area contributed by atoms with E-state index in [9.17, 15) is 8.42 Å². The van der Waals surface area contributed by atoms with E-state index in [0.717, 1.165) is 13.1 Å². The SMILES string of the molecule is CC1CN(CCS(=O)(=O)C(C)C)C(C)CN1. The highest BCUT2D eigenvalue weighted by Crippen LogP contribution is 2.08. The fourth-order valence-electron chi connectivity index (χ4n) is 1.89. The van der Waals surface area contributed by atoms with E-state index in [0.29, 0.717) is 18.6 Å². The molecule has 2 unspecified atom stereocenters. The van der Waals surface area contributed by atoms with Crippen molar-refractivity contribution in [2.24, 2.45) is 0 Å². The van der Waals surface area contributed by atoms with Crippen LogP contribution in [-0.4, -0.2) is 56.0 Å². The lowest BCUT2D eigenvalue weighted by molar-refractivity contribution is 0.155. The Hall–Kier alpha value is -0.130. The lowest BCUT2D eigenvalue weighted by Gasteiger charge is -2.37. The van der Waals surface area contributed by atoms with Crippen molar-refractivity contribution in [3.05, 3.63) is 0 Å². The van der Waals surface area contributed by atoms with Gasteiger partial charge < -0.3 is 5.32 Å². The smallest absolute Gasteiger partial charge is 0.153 e. The average molecular weight is 248 g/mol. The van der Waals surface area contributed by atoms with E-state index >= 15 is 0 Å². The summed E-state index contributed by atoms with van der Waals surface area (Å²) < 4.78 is 23.4. The molecule has 96 valence electrons. The first-order chi connectivity index (χ1) is 7.33. The van der Waals surface area contributed by atoms with Gasteiger partial charge in [0.05, 0.1) is 11.0 Å². The van der Waals surface area contributed by atoms with Crippen LogP contribution in [0.1, 0.15) is 27.7 Å². The fraction of sp³-hybridized carbons (Fsp3) is 1.00. The summed E-state index contributed by atoms with van der Waals surface area (Å²) in [4.78, 5) is 2.26. The van der Waals surface area contributed by atoms with Gasteiger partial charge in [-0.25, -0.2) is 8.42 Å². The molecular weight excluding hydrogens is 224 g/mol. The molecule has 2 atom stereocenters. The Morgan fingerprint density at radius 2 is 2.00 bits per heavy atom. The summed E-state index contributed by atoms with van der Waals surface area (Å²) in [7, 11) is -2.90. The van der Waals surface area contributed by atoms with Crippen LogP contribution < -0.4 is 5.32 Å². The fourth-order valence-corrected chi connectivity index (χ4v) is 2.85. The zero-order chi connectivity index (χ0) is 12.3. The molecule has 0 amide bonds. The Balaban J connectivity index is 2.48. The number of nitrogens with one attached hydrogen (secondary N) is 1. The molecule has 1 saturated heterocycles. The van der Waals surface area contributed by atoms with E-state index in [-0.39, 0.29) is 11.0 Å². The molecule has 0 aromatic rings. The Morgan fingerprint density at radius 1 is 1.38 bits per heavy atom. The topological polar surface area (TPSA) is 49.4 Å². The predicted molar refractivity (Wildman–Crippen MR) is 67.4 cm³/mol. The van der Waals surface area contributed by atoms with Crippen LogP contribution in [0.3, 0.4) is 0 Å². The molecule has 1 aliphatic heterocycles. The van der Waals surface area contributed by atoms with Crippen LogP contribution in [0, 0.1) is 0 Å². The summed E-state index contributed by atoms with van der Waals surface area (Å²) in [6.45, 7) is 10.3. The van der Waals surface area contributed by atoms with Crippen LogP contribution in [0.2, 0.25) is 0 Å². The third-order valence-corrected chi connectivity index (χ3v) is 5.46. The Labute approximate surface area is 99.3 Å². The van der Waals surface area contributed by atoms with Gasteiger partial charge in [-0.2, -0.15) is 0 Å². The van der Waals surface area contributed by atoms with Gasteiger partial charge in [-0.3, -0.25) is 4.90 Å². The van der Waals surface area contributed by atoms with E-state index < -0.39 is 9.84 Å². The van der Waals surface area contributed by atoms with Crippen molar-refractivity contribution in [3.63, 3.8) is 0 Å². The Kier molecular flexibility index (Phi) is 4.76. The molecule has 5 heteroatoms. The van der Waals surface area contributed by atoms with Gasteiger partial charge in [-0.05, 0) is 27.7 Å². The first-order valence-corrected chi connectivity index (χ1v) is 7.73. The van der Waals surface area contributed by atoms with Crippen LogP contribution in [0.25, 0.3) is 0 Å². The molecule has 1 N–H and O–H groups in total. The Bertz CT molecular complexity index is 314. The van der Waals surface area contributed by atoms with Gasteiger partial charge in [0, 0.05) is 31.7 Å². The minimum atomic E-state index is -2.90. The summed E-state index contributed by atoms with van der Waals surface area (Å²) in [5.74, 6) is 0.279. The standard InChI is InChI=1S/C11H24N2O2S/c1-9(2)16(14,15)6-5-13-8-10(3)12-7-11(13)4/h9-12H,5-8H2,1-4H3. The zero-order valence-electron chi connectivity index (χ0n) is 10.7. The second-order valence-electron chi connectivity index (χ2n) is 5.07. The third-order valence-electron chi connectivity index (χ3n) is 3.27. The largest absolute Gasteiger partial charge is 0.311 e. The number of nitrogens with zero attached hydrogens (tertiary/aromatic N) is 1. The van der Waals surface area contributed by atoms with Crippen LogP contribution >= 0.6 is 0 Å². The molecule has 0 spiro atoms. The zero-order valence-corrected chi connectivity index (χ0v) is 11.5. The first-order valence-electron chi connectivity index (χ1n) is 6.02. The quantitative estimate of drug-likeness (QED) is 0.787. The molecule has 16 heavy (non-hydrogen) atoms. The molecule has 0 saturated carbocycles. The summed E-state index contributed by atoms with van der Waals surface area (Å²) in [6, 6.07) is 0.886. The lowest BCUT2D eigenvalue weighted by atomic mass is 10.1. The van der Waals surface area contributed by atoms with Gasteiger partial charge in [-0.1, -0.05) is 0 Å². The normalized spacial score (nSPS) is 28.6. The van der Waals surface area contributed by atoms with Crippen molar-refractivity contribution in [1.82, 2.24) is 10.2 Å². The van der Waals surface area contributed by atoms with Crippen molar-refractivity contribution in [2.75, 3.05) is 25.4 Å². The van der Waals surface area contributed by atoms with Crippen molar-refractivity contribution in [3.8, 4) is 0 Å². The summed E-state index contributed by atoms with van der Waals surface area (Å²) >= 11 is 0. The van der Waals surface area contributed by atoms with Crippen LogP contribution in [0.5, 0.6) is 0 Å². The minimum Gasteiger partial charge on any atom is -0.311 e. The van der Waals surface area contributed by atoms with Gasteiger partial charge in [0.1, 0.15) is 0 Å². The van der Waals surface area contributed by atoms with Gasteiger partial charge in [0.2, 0.25) is 0 Å².